The highest BCUT2D eigenvalue weighted by Crippen LogP contribution is 2.14. The summed E-state index contributed by atoms with van der Waals surface area (Å²) in [6.45, 7) is 10.6. The average Bonchev–Trinajstić information content (AvgIpc) is 2.85. The van der Waals surface area contributed by atoms with Crippen LogP contribution in [0.3, 0.4) is 0 Å². The van der Waals surface area contributed by atoms with Crippen molar-refractivity contribution in [2.24, 2.45) is 9.98 Å². The van der Waals surface area contributed by atoms with Crippen LogP contribution in [0.25, 0.3) is 0 Å². The summed E-state index contributed by atoms with van der Waals surface area (Å²) in [5.41, 5.74) is 2.27. The fourth-order valence-electron chi connectivity index (χ4n) is 3.40. The number of rotatable bonds is 10. The Hall–Kier alpha value is -3.36. The Morgan fingerprint density at radius 1 is 1.24 bits per heavy atom. The number of carbonyl (C=O) groups is 1. The Kier molecular flexibility index (Phi) is 9.94. The van der Waals surface area contributed by atoms with Gasteiger partial charge in [0.15, 0.2) is 5.84 Å². The van der Waals surface area contributed by atoms with E-state index in [0.29, 0.717) is 18.0 Å². The lowest BCUT2D eigenvalue weighted by Crippen LogP contribution is -2.38. The van der Waals surface area contributed by atoms with Gasteiger partial charge in [-0.1, -0.05) is 12.1 Å². The number of carbonyl (C=O) groups excluding carboxylic acids is 1. The predicted octanol–water partition coefficient (Wildman–Crippen LogP) is 3.59. The van der Waals surface area contributed by atoms with E-state index in [1.165, 1.54) is 12.1 Å². The lowest BCUT2D eigenvalue weighted by Gasteiger charge is -2.26. The number of morpholine rings is 1. The molecule has 1 amide bonds. The van der Waals surface area contributed by atoms with E-state index in [1.54, 1.807) is 18.3 Å². The van der Waals surface area contributed by atoms with Gasteiger partial charge in [0.25, 0.3) is 0 Å². The summed E-state index contributed by atoms with van der Waals surface area (Å²) in [5, 5.41) is 2.78. The van der Waals surface area contributed by atoms with Crippen molar-refractivity contribution in [3.8, 4) is 5.75 Å². The summed E-state index contributed by atoms with van der Waals surface area (Å²) in [5.74, 6) is 0.746. The number of nitrogens with zero attached hydrogens (tertiary/aromatic N) is 3. The summed E-state index contributed by atoms with van der Waals surface area (Å²) in [6, 6.07) is 13.7. The Balaban J connectivity index is 1.47. The summed E-state index contributed by atoms with van der Waals surface area (Å²) < 4.78 is 24.4. The maximum atomic E-state index is 13.2. The fourth-order valence-corrected chi connectivity index (χ4v) is 3.40. The van der Waals surface area contributed by atoms with Crippen LogP contribution in [0.5, 0.6) is 5.75 Å². The van der Waals surface area contributed by atoms with E-state index in [0.717, 1.165) is 49.7 Å². The third-order valence-corrected chi connectivity index (χ3v) is 5.27. The molecule has 7 nitrogen and oxygen atoms in total. The van der Waals surface area contributed by atoms with Crippen molar-refractivity contribution >= 4 is 18.5 Å². The molecule has 0 aliphatic carbocycles. The second-order valence-electron chi connectivity index (χ2n) is 8.00. The third-order valence-electron chi connectivity index (χ3n) is 5.27. The van der Waals surface area contributed by atoms with Crippen LogP contribution in [0.15, 0.2) is 70.3 Å². The Morgan fingerprint density at radius 3 is 2.71 bits per heavy atom. The van der Waals surface area contributed by atoms with E-state index in [4.69, 9.17) is 9.47 Å². The zero-order valence-electron chi connectivity index (χ0n) is 19.5. The highest BCUT2D eigenvalue weighted by molar-refractivity contribution is 6.01. The van der Waals surface area contributed by atoms with Crippen molar-refractivity contribution in [1.29, 1.82) is 0 Å². The van der Waals surface area contributed by atoms with E-state index < -0.39 is 0 Å². The molecule has 3 rings (SSSR count). The van der Waals surface area contributed by atoms with Gasteiger partial charge in [0, 0.05) is 44.4 Å². The van der Waals surface area contributed by atoms with Gasteiger partial charge in [-0.2, -0.15) is 0 Å². The zero-order valence-corrected chi connectivity index (χ0v) is 19.5. The summed E-state index contributed by atoms with van der Waals surface area (Å²) in [4.78, 5) is 22.9. The molecule has 1 fully saturated rings. The number of amidine groups is 1. The lowest BCUT2D eigenvalue weighted by atomic mass is 10.2. The van der Waals surface area contributed by atoms with E-state index >= 15 is 0 Å². The van der Waals surface area contributed by atoms with Crippen LogP contribution in [0.2, 0.25) is 0 Å². The van der Waals surface area contributed by atoms with Crippen molar-refractivity contribution in [2.75, 3.05) is 39.5 Å². The van der Waals surface area contributed by atoms with Crippen LogP contribution < -0.4 is 10.1 Å². The number of hydrogen-bond donors (Lipinski definition) is 1. The van der Waals surface area contributed by atoms with E-state index in [1.807, 2.05) is 31.2 Å². The second kappa shape index (κ2) is 13.4. The number of halogens is 1. The van der Waals surface area contributed by atoms with Crippen molar-refractivity contribution in [1.82, 2.24) is 10.2 Å². The van der Waals surface area contributed by atoms with E-state index in [9.17, 15) is 9.18 Å². The topological polar surface area (TPSA) is 75.5 Å². The van der Waals surface area contributed by atoms with Gasteiger partial charge in [0.2, 0.25) is 5.91 Å². The Labute approximate surface area is 200 Å². The lowest BCUT2D eigenvalue weighted by molar-refractivity contribution is -0.120. The normalized spacial score (nSPS) is 15.1. The van der Waals surface area contributed by atoms with Crippen molar-refractivity contribution < 1.29 is 18.7 Å². The van der Waals surface area contributed by atoms with Crippen LogP contribution in [0.1, 0.15) is 24.5 Å². The second-order valence-corrected chi connectivity index (χ2v) is 8.00. The molecule has 1 saturated heterocycles. The molecule has 1 aliphatic rings. The largest absolute Gasteiger partial charge is 0.492 e. The van der Waals surface area contributed by atoms with Gasteiger partial charge in [-0.15, -0.1) is 0 Å². The molecule has 0 saturated carbocycles. The van der Waals surface area contributed by atoms with Gasteiger partial charge in [-0.05, 0) is 61.2 Å². The molecule has 2 aromatic rings. The number of ether oxygens (including phenoxy) is 2. The summed E-state index contributed by atoms with van der Waals surface area (Å²) in [7, 11) is 0. The molecule has 1 N–H and O–H groups in total. The first kappa shape index (κ1) is 25.3. The van der Waals surface area contributed by atoms with Gasteiger partial charge in [0.1, 0.15) is 18.2 Å². The summed E-state index contributed by atoms with van der Waals surface area (Å²) in [6.07, 6.45) is 1.79. The van der Waals surface area contributed by atoms with Gasteiger partial charge in [-0.25, -0.2) is 14.4 Å². The van der Waals surface area contributed by atoms with Crippen LogP contribution in [0.4, 0.5) is 4.39 Å². The first-order valence-electron chi connectivity index (χ1n) is 11.3. The van der Waals surface area contributed by atoms with E-state index in [-0.39, 0.29) is 24.7 Å². The molecule has 8 heteroatoms. The Morgan fingerprint density at radius 2 is 2.00 bits per heavy atom. The van der Waals surface area contributed by atoms with Crippen LogP contribution >= 0.6 is 0 Å². The molecule has 0 atom stereocenters. The maximum Gasteiger partial charge on any atom is 0.224 e. The minimum atomic E-state index is -0.325. The van der Waals surface area contributed by atoms with Crippen molar-refractivity contribution in [2.45, 2.75) is 19.9 Å². The molecule has 0 unspecified atom stereocenters. The van der Waals surface area contributed by atoms with Gasteiger partial charge >= 0.3 is 0 Å². The van der Waals surface area contributed by atoms with Crippen LogP contribution in [-0.4, -0.2) is 62.8 Å². The number of benzene rings is 2. The number of hydrogen-bond acceptors (Lipinski definition) is 5. The predicted molar refractivity (Wildman–Crippen MR) is 132 cm³/mol. The highest BCUT2D eigenvalue weighted by atomic mass is 19.1. The minimum absolute atomic E-state index is 0.167. The van der Waals surface area contributed by atoms with E-state index in [2.05, 4.69) is 26.9 Å². The minimum Gasteiger partial charge on any atom is -0.492 e. The van der Waals surface area contributed by atoms with Crippen molar-refractivity contribution in [3.05, 3.63) is 77.2 Å². The first-order valence-corrected chi connectivity index (χ1v) is 11.3. The molecule has 2 aromatic carbocycles. The molecule has 34 heavy (non-hydrogen) atoms. The number of amides is 1. The van der Waals surface area contributed by atoms with Crippen molar-refractivity contribution in [3.63, 3.8) is 0 Å². The molecule has 180 valence electrons. The molecular weight excluding hydrogens is 435 g/mol. The van der Waals surface area contributed by atoms with Gasteiger partial charge in [0.05, 0.1) is 13.2 Å². The standard InChI is InChI=1S/C26H31FN4O3/c1-20(16-25(32)29-19-21-4-3-5-23(27)17-21)18-30-26(28-2)22-6-8-24(9-7-22)34-15-12-31-10-13-33-14-11-31/h3-9,17-18H,2,10-16,19H2,1H3,(H,29,32)/b20-18+,30-26?. The SMILES string of the molecule is C=NC(=N/C=C(\C)CC(=O)NCc1cccc(F)c1)c1ccc(OCCN2CCOCC2)cc1. The smallest absolute Gasteiger partial charge is 0.224 e. The molecular formula is C26H31FN4O3. The third kappa shape index (κ3) is 8.53. The fraction of sp³-hybridized carbons (Fsp3) is 0.346. The highest BCUT2D eigenvalue weighted by Gasteiger charge is 2.10. The van der Waals surface area contributed by atoms with Crippen LogP contribution in [-0.2, 0) is 16.1 Å². The van der Waals surface area contributed by atoms with Gasteiger partial charge < -0.3 is 14.8 Å². The number of nitrogens with one attached hydrogen (secondary N) is 1. The number of aliphatic imine (C=N–C) groups is 2. The molecule has 0 spiro atoms. The quantitative estimate of drug-likeness (QED) is 0.429. The Bertz CT molecular complexity index is 1010. The summed E-state index contributed by atoms with van der Waals surface area (Å²) >= 11 is 0. The molecule has 1 aliphatic heterocycles. The first-order chi connectivity index (χ1) is 16.5. The maximum absolute atomic E-state index is 13.2. The zero-order chi connectivity index (χ0) is 24.2. The van der Waals surface area contributed by atoms with Gasteiger partial charge in [-0.3, -0.25) is 9.69 Å². The molecule has 0 bridgehead atoms. The molecule has 1 heterocycles. The molecule has 0 radical (unpaired) electrons. The molecule has 0 aromatic heterocycles. The van der Waals surface area contributed by atoms with Crippen LogP contribution in [0, 0.1) is 5.82 Å². The monoisotopic (exact) mass is 466 g/mol. The average molecular weight is 467 g/mol.